The van der Waals surface area contributed by atoms with Crippen LogP contribution < -0.4 is 0 Å². The lowest BCUT2D eigenvalue weighted by Crippen LogP contribution is -2.36. The van der Waals surface area contributed by atoms with Crippen LogP contribution in [0.3, 0.4) is 0 Å². The molecule has 1 saturated heterocycles. The molecule has 0 atom stereocenters. The number of carboxylic acid groups (broad SMARTS) is 1. The summed E-state index contributed by atoms with van der Waals surface area (Å²) in [5.74, 6) is -1.39. The third-order valence-electron chi connectivity index (χ3n) is 2.79. The molecule has 6 nitrogen and oxygen atoms in total. The Morgan fingerprint density at radius 2 is 2.00 bits per heavy atom. The summed E-state index contributed by atoms with van der Waals surface area (Å²) >= 11 is 11.6. The highest BCUT2D eigenvalue weighted by atomic mass is 35.5. The van der Waals surface area contributed by atoms with E-state index in [1.54, 1.807) is 0 Å². The standard InChI is InChI=1S/C11H11Cl2NO5S/c12-7-3-4-8(10(13)9(7)11(15)16)20(17,18)14-5-1-2-6-19-14/h3-4H,1-2,5-6H2,(H,15,16). The van der Waals surface area contributed by atoms with Crippen molar-refractivity contribution < 1.29 is 23.2 Å². The molecule has 0 saturated carbocycles. The summed E-state index contributed by atoms with van der Waals surface area (Å²) in [4.78, 5) is 15.8. The largest absolute Gasteiger partial charge is 0.478 e. The molecular formula is C11H11Cl2NO5S. The van der Waals surface area contributed by atoms with Crippen molar-refractivity contribution in [3.63, 3.8) is 0 Å². The van der Waals surface area contributed by atoms with Gasteiger partial charge in [-0.05, 0) is 25.0 Å². The zero-order valence-corrected chi connectivity index (χ0v) is 12.5. The molecule has 0 unspecified atom stereocenters. The van der Waals surface area contributed by atoms with Gasteiger partial charge < -0.3 is 5.11 Å². The second-order valence-corrected chi connectivity index (χ2v) is 6.69. The molecule has 1 aromatic rings. The van der Waals surface area contributed by atoms with E-state index in [9.17, 15) is 13.2 Å². The number of sulfonamides is 1. The normalized spacial score (nSPS) is 17.1. The van der Waals surface area contributed by atoms with Crippen LogP contribution in [0.25, 0.3) is 0 Å². The maximum atomic E-state index is 12.4. The van der Waals surface area contributed by atoms with E-state index < -0.39 is 26.6 Å². The Balaban J connectivity index is 2.52. The molecule has 0 bridgehead atoms. The molecule has 0 amide bonds. The summed E-state index contributed by atoms with van der Waals surface area (Å²) in [6, 6.07) is 2.36. The van der Waals surface area contributed by atoms with Gasteiger partial charge in [0.25, 0.3) is 10.0 Å². The molecule has 1 fully saturated rings. The number of halogens is 2. The fourth-order valence-corrected chi connectivity index (χ4v) is 4.00. The van der Waals surface area contributed by atoms with Gasteiger partial charge in [0.2, 0.25) is 0 Å². The average Bonchev–Trinajstić information content (AvgIpc) is 2.39. The summed E-state index contributed by atoms with van der Waals surface area (Å²) in [6.07, 6.45) is 1.43. The molecule has 0 radical (unpaired) electrons. The summed E-state index contributed by atoms with van der Waals surface area (Å²) in [7, 11) is -4.01. The number of carboxylic acids is 1. The van der Waals surface area contributed by atoms with Crippen molar-refractivity contribution in [1.29, 1.82) is 0 Å². The lowest BCUT2D eigenvalue weighted by Gasteiger charge is -2.25. The first-order chi connectivity index (χ1) is 9.35. The van der Waals surface area contributed by atoms with E-state index in [2.05, 4.69) is 0 Å². The molecule has 0 aromatic heterocycles. The molecule has 1 heterocycles. The van der Waals surface area contributed by atoms with E-state index in [4.69, 9.17) is 33.1 Å². The van der Waals surface area contributed by atoms with Gasteiger partial charge in [0.05, 0.1) is 22.2 Å². The highest BCUT2D eigenvalue weighted by molar-refractivity contribution is 7.89. The van der Waals surface area contributed by atoms with Crippen molar-refractivity contribution >= 4 is 39.2 Å². The van der Waals surface area contributed by atoms with Crippen molar-refractivity contribution in [2.75, 3.05) is 13.2 Å². The second kappa shape index (κ2) is 5.87. The molecular weight excluding hydrogens is 329 g/mol. The Kier molecular flexibility index (Phi) is 4.55. The van der Waals surface area contributed by atoms with Crippen LogP contribution in [0.15, 0.2) is 17.0 Å². The van der Waals surface area contributed by atoms with E-state index in [1.807, 2.05) is 0 Å². The third kappa shape index (κ3) is 2.77. The van der Waals surface area contributed by atoms with Crippen molar-refractivity contribution in [2.45, 2.75) is 17.7 Å². The molecule has 0 aliphatic carbocycles. The van der Waals surface area contributed by atoms with Crippen LogP contribution >= 0.6 is 23.2 Å². The monoisotopic (exact) mass is 339 g/mol. The summed E-state index contributed by atoms with van der Waals surface area (Å²) in [6.45, 7) is 0.486. The second-order valence-electron chi connectivity index (χ2n) is 4.11. The predicted molar refractivity (Wildman–Crippen MR) is 72.5 cm³/mol. The summed E-state index contributed by atoms with van der Waals surface area (Å²) in [5, 5.41) is 8.50. The molecule has 1 N–H and O–H groups in total. The first-order valence-electron chi connectivity index (χ1n) is 5.72. The number of hydrogen-bond donors (Lipinski definition) is 1. The summed E-state index contributed by atoms with van der Waals surface area (Å²) < 4.78 is 25.6. The molecule has 20 heavy (non-hydrogen) atoms. The number of hydrogen-bond acceptors (Lipinski definition) is 4. The molecule has 1 aliphatic rings. The van der Waals surface area contributed by atoms with Crippen LogP contribution in [-0.4, -0.2) is 37.1 Å². The van der Waals surface area contributed by atoms with Crippen LogP contribution in [0.1, 0.15) is 23.2 Å². The number of carbonyl (C=O) groups is 1. The van der Waals surface area contributed by atoms with Gasteiger partial charge in [-0.1, -0.05) is 27.7 Å². The Labute approximate surface area is 125 Å². The van der Waals surface area contributed by atoms with E-state index in [1.165, 1.54) is 12.1 Å². The van der Waals surface area contributed by atoms with Crippen LogP contribution in [0.5, 0.6) is 0 Å². The first kappa shape index (κ1) is 15.5. The van der Waals surface area contributed by atoms with E-state index in [0.29, 0.717) is 6.42 Å². The zero-order valence-electron chi connectivity index (χ0n) is 10.2. The smallest absolute Gasteiger partial charge is 0.338 e. The molecule has 9 heteroatoms. The van der Waals surface area contributed by atoms with Crippen LogP contribution in [0.2, 0.25) is 10.0 Å². The fraction of sp³-hybridized carbons (Fsp3) is 0.364. The Hall–Kier alpha value is -0.860. The minimum Gasteiger partial charge on any atom is -0.478 e. The topological polar surface area (TPSA) is 83.9 Å². The quantitative estimate of drug-likeness (QED) is 0.913. The number of aromatic carboxylic acids is 1. The number of rotatable bonds is 3. The van der Waals surface area contributed by atoms with E-state index >= 15 is 0 Å². The Morgan fingerprint density at radius 1 is 1.30 bits per heavy atom. The lowest BCUT2D eigenvalue weighted by molar-refractivity contribution is -0.108. The number of hydroxylamine groups is 1. The Morgan fingerprint density at radius 3 is 2.55 bits per heavy atom. The van der Waals surface area contributed by atoms with Gasteiger partial charge in [0.15, 0.2) is 0 Å². The van der Waals surface area contributed by atoms with Gasteiger partial charge in [0, 0.05) is 6.54 Å². The first-order valence-corrected chi connectivity index (χ1v) is 7.92. The van der Waals surface area contributed by atoms with Gasteiger partial charge in [0.1, 0.15) is 4.90 Å². The van der Waals surface area contributed by atoms with Gasteiger partial charge in [-0.3, -0.25) is 4.84 Å². The van der Waals surface area contributed by atoms with Crippen molar-refractivity contribution in [1.82, 2.24) is 4.47 Å². The highest BCUT2D eigenvalue weighted by Gasteiger charge is 2.32. The van der Waals surface area contributed by atoms with Gasteiger partial charge in [-0.15, -0.1) is 0 Å². The maximum absolute atomic E-state index is 12.4. The van der Waals surface area contributed by atoms with Crippen molar-refractivity contribution in [3.8, 4) is 0 Å². The SMILES string of the molecule is O=C(O)c1c(Cl)ccc(S(=O)(=O)N2CCCCO2)c1Cl. The van der Waals surface area contributed by atoms with Crippen LogP contribution in [-0.2, 0) is 14.9 Å². The average molecular weight is 340 g/mol. The molecule has 1 aromatic carbocycles. The minimum absolute atomic E-state index is 0.124. The molecule has 110 valence electrons. The van der Waals surface area contributed by atoms with Crippen molar-refractivity contribution in [2.24, 2.45) is 0 Å². The zero-order chi connectivity index (χ0) is 14.9. The highest BCUT2D eigenvalue weighted by Crippen LogP contribution is 2.33. The molecule has 0 spiro atoms. The maximum Gasteiger partial charge on any atom is 0.338 e. The fourth-order valence-electron chi connectivity index (χ4n) is 1.80. The predicted octanol–water partition coefficient (Wildman–Crippen LogP) is 2.41. The number of nitrogens with zero attached hydrogens (tertiary/aromatic N) is 1. The Bertz CT molecular complexity index is 640. The van der Waals surface area contributed by atoms with Crippen molar-refractivity contribution in [3.05, 3.63) is 27.7 Å². The van der Waals surface area contributed by atoms with Gasteiger partial charge in [-0.2, -0.15) is 0 Å². The number of benzene rings is 1. The van der Waals surface area contributed by atoms with E-state index in [0.717, 1.165) is 10.9 Å². The van der Waals surface area contributed by atoms with E-state index in [-0.39, 0.29) is 23.1 Å². The third-order valence-corrected chi connectivity index (χ3v) is 5.33. The van der Waals surface area contributed by atoms with Crippen LogP contribution in [0.4, 0.5) is 0 Å². The van der Waals surface area contributed by atoms with Gasteiger partial charge >= 0.3 is 5.97 Å². The van der Waals surface area contributed by atoms with Gasteiger partial charge in [-0.25, -0.2) is 13.2 Å². The summed E-state index contributed by atoms with van der Waals surface area (Å²) in [5.41, 5.74) is -0.439. The van der Waals surface area contributed by atoms with Crippen LogP contribution in [0, 0.1) is 0 Å². The molecule has 2 rings (SSSR count). The molecule has 1 aliphatic heterocycles. The minimum atomic E-state index is -4.01. The lowest BCUT2D eigenvalue weighted by atomic mass is 10.2.